The molecule has 0 spiro atoms. The van der Waals surface area contributed by atoms with Crippen LogP contribution in [0.1, 0.15) is 5.56 Å². The summed E-state index contributed by atoms with van der Waals surface area (Å²) in [5.41, 5.74) is 1.92. The standard InChI is InChI=1S/C15H19N3O/c1-17-6-8-18(9-7-17)15-10-12(11-19)13-4-2-3-5-14(13)16-15/h2-5,10,19H,6-9,11H2,1H3. The van der Waals surface area contributed by atoms with Crippen LogP contribution < -0.4 is 4.90 Å². The molecule has 1 aromatic carbocycles. The largest absolute Gasteiger partial charge is 0.392 e. The van der Waals surface area contributed by atoms with Crippen LogP contribution in [-0.4, -0.2) is 48.2 Å². The van der Waals surface area contributed by atoms with Gasteiger partial charge < -0.3 is 14.9 Å². The van der Waals surface area contributed by atoms with Crippen LogP contribution in [-0.2, 0) is 6.61 Å². The monoisotopic (exact) mass is 257 g/mol. The number of aromatic nitrogens is 1. The lowest BCUT2D eigenvalue weighted by Gasteiger charge is -2.33. The first kappa shape index (κ1) is 12.4. The van der Waals surface area contributed by atoms with Crippen molar-refractivity contribution in [3.63, 3.8) is 0 Å². The number of aliphatic hydroxyl groups is 1. The molecule has 1 N–H and O–H groups in total. The summed E-state index contributed by atoms with van der Waals surface area (Å²) in [6.07, 6.45) is 0. The van der Waals surface area contributed by atoms with E-state index in [-0.39, 0.29) is 6.61 Å². The van der Waals surface area contributed by atoms with Crippen molar-refractivity contribution >= 4 is 16.7 Å². The van der Waals surface area contributed by atoms with Gasteiger partial charge in [0.1, 0.15) is 5.82 Å². The first-order valence-corrected chi connectivity index (χ1v) is 6.71. The zero-order chi connectivity index (χ0) is 13.2. The number of benzene rings is 1. The maximum Gasteiger partial charge on any atom is 0.129 e. The van der Waals surface area contributed by atoms with Crippen LogP contribution in [0.2, 0.25) is 0 Å². The van der Waals surface area contributed by atoms with Gasteiger partial charge in [0.15, 0.2) is 0 Å². The van der Waals surface area contributed by atoms with E-state index >= 15 is 0 Å². The van der Waals surface area contributed by atoms with E-state index in [1.165, 1.54) is 0 Å². The summed E-state index contributed by atoms with van der Waals surface area (Å²) >= 11 is 0. The van der Waals surface area contributed by atoms with Crippen LogP contribution in [0.3, 0.4) is 0 Å². The predicted octanol–water partition coefficient (Wildman–Crippen LogP) is 1.48. The minimum atomic E-state index is 0.0593. The predicted molar refractivity (Wildman–Crippen MR) is 77.4 cm³/mol. The van der Waals surface area contributed by atoms with Crippen LogP contribution in [0.5, 0.6) is 0 Å². The smallest absolute Gasteiger partial charge is 0.129 e. The highest BCUT2D eigenvalue weighted by Gasteiger charge is 2.16. The second-order valence-electron chi connectivity index (χ2n) is 5.11. The van der Waals surface area contributed by atoms with Gasteiger partial charge in [0.05, 0.1) is 12.1 Å². The van der Waals surface area contributed by atoms with E-state index in [9.17, 15) is 5.11 Å². The van der Waals surface area contributed by atoms with Crippen molar-refractivity contribution in [3.8, 4) is 0 Å². The van der Waals surface area contributed by atoms with Crippen LogP contribution in [0.25, 0.3) is 10.9 Å². The topological polar surface area (TPSA) is 39.6 Å². The summed E-state index contributed by atoms with van der Waals surface area (Å²) in [6, 6.07) is 10.0. The fourth-order valence-corrected chi connectivity index (χ4v) is 2.56. The van der Waals surface area contributed by atoms with Gasteiger partial charge in [-0.15, -0.1) is 0 Å². The average molecular weight is 257 g/mol. The minimum Gasteiger partial charge on any atom is -0.392 e. The van der Waals surface area contributed by atoms with Gasteiger partial charge in [0, 0.05) is 31.6 Å². The summed E-state index contributed by atoms with van der Waals surface area (Å²) in [5.74, 6) is 0.982. The number of para-hydroxylation sites is 1. The van der Waals surface area contributed by atoms with E-state index in [1.807, 2.05) is 30.3 Å². The Morgan fingerprint density at radius 2 is 1.89 bits per heavy atom. The van der Waals surface area contributed by atoms with Crippen molar-refractivity contribution in [3.05, 3.63) is 35.9 Å². The van der Waals surface area contributed by atoms with E-state index in [0.717, 1.165) is 48.5 Å². The van der Waals surface area contributed by atoms with E-state index in [4.69, 9.17) is 4.98 Å². The maximum atomic E-state index is 9.55. The fraction of sp³-hybridized carbons (Fsp3) is 0.400. The van der Waals surface area contributed by atoms with Crippen molar-refractivity contribution in [1.29, 1.82) is 0 Å². The van der Waals surface area contributed by atoms with Crippen molar-refractivity contribution in [2.75, 3.05) is 38.1 Å². The molecule has 2 aromatic rings. The Kier molecular flexibility index (Phi) is 3.36. The summed E-state index contributed by atoms with van der Waals surface area (Å²) < 4.78 is 0. The number of nitrogens with zero attached hydrogens (tertiary/aromatic N) is 3. The van der Waals surface area contributed by atoms with Crippen LogP contribution in [0.15, 0.2) is 30.3 Å². The first-order valence-electron chi connectivity index (χ1n) is 6.71. The Labute approximate surface area is 113 Å². The Bertz CT molecular complexity index is 577. The molecule has 0 aliphatic carbocycles. The van der Waals surface area contributed by atoms with Crippen molar-refractivity contribution in [1.82, 2.24) is 9.88 Å². The Morgan fingerprint density at radius 1 is 1.16 bits per heavy atom. The number of piperazine rings is 1. The summed E-state index contributed by atoms with van der Waals surface area (Å²) in [6.45, 7) is 4.16. The summed E-state index contributed by atoms with van der Waals surface area (Å²) in [4.78, 5) is 9.35. The molecule has 4 heteroatoms. The highest BCUT2D eigenvalue weighted by molar-refractivity contribution is 5.84. The average Bonchev–Trinajstić information content (AvgIpc) is 2.47. The van der Waals surface area contributed by atoms with Crippen LogP contribution in [0.4, 0.5) is 5.82 Å². The maximum absolute atomic E-state index is 9.55. The molecule has 0 unspecified atom stereocenters. The molecular weight excluding hydrogens is 238 g/mol. The number of fused-ring (bicyclic) bond motifs is 1. The van der Waals surface area contributed by atoms with E-state index in [1.54, 1.807) is 0 Å². The third-order valence-corrected chi connectivity index (χ3v) is 3.79. The van der Waals surface area contributed by atoms with Crippen LogP contribution in [0, 0.1) is 0 Å². The van der Waals surface area contributed by atoms with Gasteiger partial charge in [-0.05, 0) is 24.7 Å². The number of aliphatic hydroxyl groups excluding tert-OH is 1. The van der Waals surface area contributed by atoms with Gasteiger partial charge in [-0.3, -0.25) is 0 Å². The van der Waals surface area contributed by atoms with Gasteiger partial charge in [-0.25, -0.2) is 4.98 Å². The molecule has 1 aliphatic heterocycles. The molecule has 2 heterocycles. The Balaban J connectivity index is 2.00. The first-order chi connectivity index (χ1) is 9.28. The molecule has 0 atom stereocenters. The molecule has 1 aliphatic rings. The zero-order valence-corrected chi connectivity index (χ0v) is 11.2. The van der Waals surface area contributed by atoms with Crippen molar-refractivity contribution in [2.24, 2.45) is 0 Å². The number of likely N-dealkylation sites (N-methyl/N-ethyl adjacent to an activating group) is 1. The lowest BCUT2D eigenvalue weighted by atomic mass is 10.1. The fourth-order valence-electron chi connectivity index (χ4n) is 2.56. The van der Waals surface area contributed by atoms with Gasteiger partial charge in [-0.2, -0.15) is 0 Å². The quantitative estimate of drug-likeness (QED) is 0.884. The van der Waals surface area contributed by atoms with Gasteiger partial charge in [0.25, 0.3) is 0 Å². The zero-order valence-electron chi connectivity index (χ0n) is 11.2. The summed E-state index contributed by atoms with van der Waals surface area (Å²) in [5, 5.41) is 10.6. The number of pyridine rings is 1. The Morgan fingerprint density at radius 3 is 2.63 bits per heavy atom. The lowest BCUT2D eigenvalue weighted by Crippen LogP contribution is -2.44. The van der Waals surface area contributed by atoms with Crippen molar-refractivity contribution in [2.45, 2.75) is 6.61 Å². The molecule has 3 rings (SSSR count). The molecule has 1 fully saturated rings. The SMILES string of the molecule is CN1CCN(c2cc(CO)c3ccccc3n2)CC1. The second-order valence-corrected chi connectivity index (χ2v) is 5.11. The van der Waals surface area contributed by atoms with Crippen LogP contribution >= 0.6 is 0 Å². The van der Waals surface area contributed by atoms with Crippen molar-refractivity contribution < 1.29 is 5.11 Å². The molecule has 100 valence electrons. The lowest BCUT2D eigenvalue weighted by molar-refractivity contribution is 0.283. The number of hydrogen-bond acceptors (Lipinski definition) is 4. The number of hydrogen-bond donors (Lipinski definition) is 1. The van der Waals surface area contributed by atoms with Gasteiger partial charge in [-0.1, -0.05) is 18.2 Å². The molecule has 0 bridgehead atoms. The minimum absolute atomic E-state index is 0.0593. The third kappa shape index (κ3) is 2.41. The van der Waals surface area contributed by atoms with E-state index in [2.05, 4.69) is 16.8 Å². The second kappa shape index (κ2) is 5.15. The van der Waals surface area contributed by atoms with E-state index < -0.39 is 0 Å². The van der Waals surface area contributed by atoms with Gasteiger partial charge >= 0.3 is 0 Å². The molecule has 4 nitrogen and oxygen atoms in total. The van der Waals surface area contributed by atoms with E-state index in [0.29, 0.717) is 0 Å². The summed E-state index contributed by atoms with van der Waals surface area (Å²) in [7, 11) is 2.14. The molecule has 0 radical (unpaired) electrons. The molecular formula is C15H19N3O. The Hall–Kier alpha value is -1.65. The normalized spacial score (nSPS) is 17.1. The van der Waals surface area contributed by atoms with Gasteiger partial charge in [0.2, 0.25) is 0 Å². The molecule has 1 aromatic heterocycles. The highest BCUT2D eigenvalue weighted by atomic mass is 16.3. The molecule has 19 heavy (non-hydrogen) atoms. The molecule has 0 saturated carbocycles. The number of rotatable bonds is 2. The number of anilines is 1. The highest BCUT2D eigenvalue weighted by Crippen LogP contribution is 2.23. The molecule has 0 amide bonds. The molecule has 1 saturated heterocycles. The third-order valence-electron chi connectivity index (χ3n) is 3.79.